The second-order valence-corrected chi connectivity index (χ2v) is 4.29. The molecule has 0 aliphatic heterocycles. The summed E-state index contributed by atoms with van der Waals surface area (Å²) in [6.07, 6.45) is 5.42. The van der Waals surface area contributed by atoms with Crippen molar-refractivity contribution >= 4 is 22.2 Å². The van der Waals surface area contributed by atoms with Crippen molar-refractivity contribution in [2.75, 3.05) is 0 Å². The molecule has 0 spiro atoms. The SMILES string of the molecule is CC(=Nc1cccc2ccncc12)c1ccccn1. The Morgan fingerprint density at radius 2 is 1.95 bits per heavy atom. The maximum Gasteiger partial charge on any atom is 0.0841 e. The van der Waals surface area contributed by atoms with Crippen molar-refractivity contribution in [2.24, 2.45) is 4.99 Å². The first kappa shape index (κ1) is 11.5. The lowest BCUT2D eigenvalue weighted by Crippen LogP contribution is -1.96. The minimum Gasteiger partial charge on any atom is -0.264 e. The summed E-state index contributed by atoms with van der Waals surface area (Å²) in [7, 11) is 0. The largest absolute Gasteiger partial charge is 0.264 e. The van der Waals surface area contributed by atoms with Gasteiger partial charge in [-0.15, -0.1) is 0 Å². The number of hydrogen-bond acceptors (Lipinski definition) is 3. The highest BCUT2D eigenvalue weighted by Crippen LogP contribution is 2.25. The summed E-state index contributed by atoms with van der Waals surface area (Å²) in [4.78, 5) is 13.1. The van der Waals surface area contributed by atoms with Crippen LogP contribution in [0.2, 0.25) is 0 Å². The van der Waals surface area contributed by atoms with Crippen LogP contribution < -0.4 is 0 Å². The van der Waals surface area contributed by atoms with E-state index in [0.29, 0.717) is 0 Å². The molecule has 3 rings (SSSR count). The molecule has 1 aromatic carbocycles. The normalized spacial score (nSPS) is 11.7. The van der Waals surface area contributed by atoms with Crippen molar-refractivity contribution in [1.29, 1.82) is 0 Å². The Morgan fingerprint density at radius 3 is 2.79 bits per heavy atom. The van der Waals surface area contributed by atoms with Gasteiger partial charge in [0.15, 0.2) is 0 Å². The Morgan fingerprint density at radius 1 is 1.00 bits per heavy atom. The number of nitrogens with zero attached hydrogens (tertiary/aromatic N) is 3. The molecule has 0 atom stereocenters. The molecule has 0 fully saturated rings. The van der Waals surface area contributed by atoms with E-state index < -0.39 is 0 Å². The number of rotatable bonds is 2. The predicted octanol–water partition coefficient (Wildman–Crippen LogP) is 3.77. The molecule has 19 heavy (non-hydrogen) atoms. The Hall–Kier alpha value is -2.55. The zero-order valence-electron chi connectivity index (χ0n) is 10.6. The fraction of sp³-hybridized carbons (Fsp3) is 0.0625. The molecule has 0 bridgehead atoms. The third-order valence-corrected chi connectivity index (χ3v) is 2.98. The summed E-state index contributed by atoms with van der Waals surface area (Å²) in [6, 6.07) is 13.9. The predicted molar refractivity (Wildman–Crippen MR) is 77.9 cm³/mol. The van der Waals surface area contributed by atoms with E-state index in [-0.39, 0.29) is 0 Å². The van der Waals surface area contributed by atoms with E-state index in [4.69, 9.17) is 0 Å². The van der Waals surface area contributed by atoms with Crippen LogP contribution in [0.15, 0.2) is 66.0 Å². The number of hydrogen-bond donors (Lipinski definition) is 0. The van der Waals surface area contributed by atoms with Crippen LogP contribution in [0.3, 0.4) is 0 Å². The van der Waals surface area contributed by atoms with E-state index in [0.717, 1.165) is 27.9 Å². The first-order valence-corrected chi connectivity index (χ1v) is 6.14. The Labute approximate surface area is 111 Å². The smallest absolute Gasteiger partial charge is 0.0841 e. The highest BCUT2D eigenvalue weighted by molar-refractivity contribution is 6.01. The molecule has 0 unspecified atom stereocenters. The summed E-state index contributed by atoms with van der Waals surface area (Å²) in [5.41, 5.74) is 2.72. The molecule has 2 heterocycles. The topological polar surface area (TPSA) is 38.1 Å². The van der Waals surface area contributed by atoms with Gasteiger partial charge in [0.05, 0.1) is 17.1 Å². The van der Waals surface area contributed by atoms with Crippen LogP contribution in [0.5, 0.6) is 0 Å². The standard InChI is InChI=1S/C16H13N3/c1-12(15-6-2-3-9-18-15)19-16-7-4-5-13-8-10-17-11-14(13)16/h2-11H,1H3. The zero-order valence-corrected chi connectivity index (χ0v) is 10.6. The van der Waals surface area contributed by atoms with Crippen molar-refractivity contribution in [3.63, 3.8) is 0 Å². The van der Waals surface area contributed by atoms with Gasteiger partial charge in [0.2, 0.25) is 0 Å². The number of pyridine rings is 2. The van der Waals surface area contributed by atoms with E-state index in [1.54, 1.807) is 12.4 Å². The number of fused-ring (bicyclic) bond motifs is 1. The first-order valence-electron chi connectivity index (χ1n) is 6.14. The fourth-order valence-electron chi connectivity index (χ4n) is 2.01. The van der Waals surface area contributed by atoms with Crippen molar-refractivity contribution in [3.8, 4) is 0 Å². The minimum atomic E-state index is 0.892. The van der Waals surface area contributed by atoms with Crippen LogP contribution in [0.1, 0.15) is 12.6 Å². The lowest BCUT2D eigenvalue weighted by molar-refractivity contribution is 1.28. The van der Waals surface area contributed by atoms with Crippen molar-refractivity contribution in [2.45, 2.75) is 6.92 Å². The summed E-state index contributed by atoms with van der Waals surface area (Å²) in [5.74, 6) is 0. The molecular weight excluding hydrogens is 234 g/mol. The molecule has 0 N–H and O–H groups in total. The van der Waals surface area contributed by atoms with Crippen molar-refractivity contribution in [1.82, 2.24) is 9.97 Å². The quantitative estimate of drug-likeness (QED) is 0.646. The van der Waals surface area contributed by atoms with Gasteiger partial charge in [0.25, 0.3) is 0 Å². The molecule has 3 heteroatoms. The van der Waals surface area contributed by atoms with E-state index in [9.17, 15) is 0 Å². The fourth-order valence-corrected chi connectivity index (χ4v) is 2.01. The van der Waals surface area contributed by atoms with E-state index in [1.807, 2.05) is 49.5 Å². The first-order chi connectivity index (χ1) is 9.34. The second kappa shape index (κ2) is 4.98. The average Bonchev–Trinajstić information content (AvgIpc) is 2.48. The Balaban J connectivity index is 2.11. The molecule has 2 aromatic heterocycles. The number of aliphatic imine (C=N–C) groups is 1. The van der Waals surface area contributed by atoms with Crippen LogP contribution in [0, 0.1) is 0 Å². The van der Waals surface area contributed by atoms with Crippen LogP contribution >= 0.6 is 0 Å². The third-order valence-electron chi connectivity index (χ3n) is 2.98. The van der Waals surface area contributed by atoms with E-state index in [2.05, 4.69) is 21.0 Å². The summed E-state index contributed by atoms with van der Waals surface area (Å²) < 4.78 is 0. The molecule has 3 aromatic rings. The van der Waals surface area contributed by atoms with Crippen LogP contribution in [-0.4, -0.2) is 15.7 Å². The molecule has 3 nitrogen and oxygen atoms in total. The maximum atomic E-state index is 4.67. The van der Waals surface area contributed by atoms with Gasteiger partial charge >= 0.3 is 0 Å². The molecule has 0 radical (unpaired) electrons. The molecule has 0 aliphatic carbocycles. The van der Waals surface area contributed by atoms with Crippen LogP contribution in [-0.2, 0) is 0 Å². The monoisotopic (exact) mass is 247 g/mol. The molecule has 92 valence electrons. The zero-order chi connectivity index (χ0) is 13.1. The average molecular weight is 247 g/mol. The third kappa shape index (κ3) is 2.36. The molecular formula is C16H13N3. The highest BCUT2D eigenvalue weighted by Gasteiger charge is 2.02. The van der Waals surface area contributed by atoms with Crippen LogP contribution in [0.25, 0.3) is 10.8 Å². The van der Waals surface area contributed by atoms with Gasteiger partial charge < -0.3 is 0 Å². The van der Waals surface area contributed by atoms with Gasteiger partial charge in [0, 0.05) is 24.0 Å². The van der Waals surface area contributed by atoms with Crippen molar-refractivity contribution < 1.29 is 0 Å². The molecule has 0 aliphatic rings. The van der Waals surface area contributed by atoms with Crippen molar-refractivity contribution in [3.05, 3.63) is 66.7 Å². The van der Waals surface area contributed by atoms with Gasteiger partial charge in [-0.1, -0.05) is 18.2 Å². The van der Waals surface area contributed by atoms with Gasteiger partial charge in [-0.3, -0.25) is 15.0 Å². The van der Waals surface area contributed by atoms with E-state index in [1.165, 1.54) is 0 Å². The summed E-state index contributed by atoms with van der Waals surface area (Å²) in [5, 5.41) is 2.20. The Kier molecular flexibility index (Phi) is 3.02. The highest BCUT2D eigenvalue weighted by atomic mass is 14.8. The van der Waals surface area contributed by atoms with Gasteiger partial charge in [-0.2, -0.15) is 0 Å². The lowest BCUT2D eigenvalue weighted by Gasteiger charge is -2.03. The molecule has 0 saturated heterocycles. The van der Waals surface area contributed by atoms with Gasteiger partial charge in [0.1, 0.15) is 0 Å². The van der Waals surface area contributed by atoms with Gasteiger partial charge in [-0.25, -0.2) is 0 Å². The molecule has 0 saturated carbocycles. The number of aromatic nitrogens is 2. The molecule has 0 amide bonds. The van der Waals surface area contributed by atoms with E-state index >= 15 is 0 Å². The maximum absolute atomic E-state index is 4.67. The van der Waals surface area contributed by atoms with Crippen LogP contribution in [0.4, 0.5) is 5.69 Å². The van der Waals surface area contributed by atoms with Gasteiger partial charge in [-0.05, 0) is 36.6 Å². The second-order valence-electron chi connectivity index (χ2n) is 4.29. The summed E-state index contributed by atoms with van der Waals surface area (Å²) in [6.45, 7) is 1.97. The summed E-state index contributed by atoms with van der Waals surface area (Å²) >= 11 is 0. The number of benzene rings is 1. The minimum absolute atomic E-state index is 0.892. The lowest BCUT2D eigenvalue weighted by atomic mass is 10.1. The Bertz CT molecular complexity index is 728.